The van der Waals surface area contributed by atoms with E-state index < -0.39 is 0 Å². The highest BCUT2D eigenvalue weighted by Gasteiger charge is 2.02. The van der Waals surface area contributed by atoms with Gasteiger partial charge in [-0.25, -0.2) is 4.52 Å². The van der Waals surface area contributed by atoms with Crippen molar-refractivity contribution in [2.75, 3.05) is 6.54 Å². The molecule has 90 valence electrons. The zero-order valence-corrected chi connectivity index (χ0v) is 9.60. The molecular formula is C12H16N4O. The number of nitrogens with zero attached hydrogens (tertiary/aromatic N) is 2. The summed E-state index contributed by atoms with van der Waals surface area (Å²) in [7, 11) is 0. The first-order valence-electron chi connectivity index (χ1n) is 5.67. The normalized spacial score (nSPS) is 10.8. The van der Waals surface area contributed by atoms with Gasteiger partial charge in [-0.1, -0.05) is 6.07 Å². The van der Waals surface area contributed by atoms with Gasteiger partial charge in [-0.05, 0) is 25.1 Å². The molecule has 1 amide bonds. The zero-order valence-electron chi connectivity index (χ0n) is 9.60. The number of rotatable bonds is 6. The third-order valence-corrected chi connectivity index (χ3v) is 2.60. The zero-order chi connectivity index (χ0) is 12.1. The molecule has 0 radical (unpaired) electrons. The van der Waals surface area contributed by atoms with Crippen molar-refractivity contribution >= 4 is 11.4 Å². The Bertz CT molecular complexity index is 506. The van der Waals surface area contributed by atoms with Gasteiger partial charge in [-0.3, -0.25) is 4.79 Å². The van der Waals surface area contributed by atoms with E-state index in [1.807, 2.05) is 35.1 Å². The Kier molecular flexibility index (Phi) is 3.72. The van der Waals surface area contributed by atoms with Gasteiger partial charge < -0.3 is 11.1 Å². The minimum atomic E-state index is -0.247. The van der Waals surface area contributed by atoms with Crippen molar-refractivity contribution in [1.82, 2.24) is 14.9 Å². The fourth-order valence-electron chi connectivity index (χ4n) is 1.73. The van der Waals surface area contributed by atoms with E-state index in [0.717, 1.165) is 30.6 Å². The summed E-state index contributed by atoms with van der Waals surface area (Å²) in [6, 6.07) is 5.98. The second-order valence-corrected chi connectivity index (χ2v) is 3.95. The van der Waals surface area contributed by atoms with Crippen LogP contribution in [0.15, 0.2) is 30.6 Å². The topological polar surface area (TPSA) is 72.4 Å². The van der Waals surface area contributed by atoms with E-state index in [9.17, 15) is 4.79 Å². The Balaban J connectivity index is 1.85. The second-order valence-electron chi connectivity index (χ2n) is 3.95. The number of nitrogens with two attached hydrogens (primary N) is 1. The number of carbonyl (C=O) groups is 1. The quantitative estimate of drug-likeness (QED) is 0.720. The Morgan fingerprint density at radius 3 is 3.18 bits per heavy atom. The molecule has 0 spiro atoms. The lowest BCUT2D eigenvalue weighted by atomic mass is 10.2. The van der Waals surface area contributed by atoms with E-state index in [-0.39, 0.29) is 5.91 Å². The molecular weight excluding hydrogens is 216 g/mol. The number of primary amides is 1. The summed E-state index contributed by atoms with van der Waals surface area (Å²) in [4.78, 5) is 10.5. The maximum atomic E-state index is 10.5. The molecule has 2 aromatic rings. The summed E-state index contributed by atoms with van der Waals surface area (Å²) < 4.78 is 1.85. The highest BCUT2D eigenvalue weighted by molar-refractivity contribution is 5.73. The van der Waals surface area contributed by atoms with Crippen molar-refractivity contribution in [3.05, 3.63) is 36.2 Å². The lowest BCUT2D eigenvalue weighted by Crippen LogP contribution is -2.18. The molecule has 0 aliphatic carbocycles. The number of amides is 1. The fourth-order valence-corrected chi connectivity index (χ4v) is 1.73. The molecule has 17 heavy (non-hydrogen) atoms. The van der Waals surface area contributed by atoms with Crippen LogP contribution in [0.3, 0.4) is 0 Å². The van der Waals surface area contributed by atoms with Crippen LogP contribution in [0.25, 0.3) is 5.52 Å². The van der Waals surface area contributed by atoms with Gasteiger partial charge in [-0.2, -0.15) is 5.10 Å². The van der Waals surface area contributed by atoms with Crippen molar-refractivity contribution in [3.63, 3.8) is 0 Å². The average Bonchev–Trinajstić information content (AvgIpc) is 2.72. The predicted molar refractivity (Wildman–Crippen MR) is 65.3 cm³/mol. The number of fused-ring (bicyclic) bond motifs is 1. The molecule has 2 rings (SSSR count). The first-order valence-corrected chi connectivity index (χ1v) is 5.67. The fraction of sp³-hybridized carbons (Fsp3) is 0.333. The van der Waals surface area contributed by atoms with Crippen LogP contribution in [-0.2, 0) is 11.3 Å². The average molecular weight is 232 g/mol. The molecule has 5 nitrogen and oxygen atoms in total. The standard InChI is InChI=1S/C12H16N4O/c13-12(17)5-3-6-14-8-10-9-15-16-7-2-1-4-11(10)16/h1-2,4,7,9,14H,3,5-6,8H2,(H2,13,17). The first-order chi connectivity index (χ1) is 8.27. The summed E-state index contributed by atoms with van der Waals surface area (Å²) in [6.45, 7) is 1.54. The van der Waals surface area contributed by atoms with E-state index in [4.69, 9.17) is 5.73 Å². The summed E-state index contributed by atoms with van der Waals surface area (Å²) in [5.41, 5.74) is 7.33. The molecule has 0 saturated heterocycles. The molecule has 2 heterocycles. The minimum absolute atomic E-state index is 0.247. The number of hydrogen-bond acceptors (Lipinski definition) is 3. The van der Waals surface area contributed by atoms with Crippen LogP contribution in [0.1, 0.15) is 18.4 Å². The van der Waals surface area contributed by atoms with Gasteiger partial charge in [0.1, 0.15) is 0 Å². The summed E-state index contributed by atoms with van der Waals surface area (Å²) in [5, 5.41) is 7.52. The molecule has 0 saturated carbocycles. The number of nitrogens with one attached hydrogen (secondary N) is 1. The van der Waals surface area contributed by atoms with E-state index in [0.29, 0.717) is 6.42 Å². The van der Waals surface area contributed by atoms with Crippen molar-refractivity contribution < 1.29 is 4.79 Å². The first kappa shape index (κ1) is 11.6. The van der Waals surface area contributed by atoms with Crippen molar-refractivity contribution in [1.29, 1.82) is 0 Å². The molecule has 3 N–H and O–H groups in total. The lowest BCUT2D eigenvalue weighted by Gasteiger charge is -2.02. The van der Waals surface area contributed by atoms with Crippen LogP contribution < -0.4 is 11.1 Å². The van der Waals surface area contributed by atoms with Gasteiger partial charge in [0, 0.05) is 24.7 Å². The summed E-state index contributed by atoms with van der Waals surface area (Å²) in [5.74, 6) is -0.247. The highest BCUT2D eigenvalue weighted by atomic mass is 16.1. The third kappa shape index (κ3) is 3.04. The number of aromatic nitrogens is 2. The van der Waals surface area contributed by atoms with E-state index >= 15 is 0 Å². The van der Waals surface area contributed by atoms with Gasteiger partial charge >= 0.3 is 0 Å². The number of hydrogen-bond donors (Lipinski definition) is 2. The minimum Gasteiger partial charge on any atom is -0.370 e. The lowest BCUT2D eigenvalue weighted by molar-refractivity contribution is -0.118. The van der Waals surface area contributed by atoms with Crippen molar-refractivity contribution in [2.45, 2.75) is 19.4 Å². The van der Waals surface area contributed by atoms with Gasteiger partial charge in [-0.15, -0.1) is 0 Å². The van der Waals surface area contributed by atoms with E-state index in [2.05, 4.69) is 10.4 Å². The Labute approximate surface area is 99.6 Å². The maximum Gasteiger partial charge on any atom is 0.217 e. The number of pyridine rings is 1. The molecule has 0 aliphatic rings. The molecule has 0 fully saturated rings. The highest BCUT2D eigenvalue weighted by Crippen LogP contribution is 2.09. The van der Waals surface area contributed by atoms with Gasteiger partial charge in [0.15, 0.2) is 0 Å². The smallest absolute Gasteiger partial charge is 0.217 e. The van der Waals surface area contributed by atoms with E-state index in [1.54, 1.807) is 0 Å². The third-order valence-electron chi connectivity index (χ3n) is 2.60. The number of carbonyl (C=O) groups excluding carboxylic acids is 1. The molecule has 5 heteroatoms. The van der Waals surface area contributed by atoms with Crippen LogP contribution in [-0.4, -0.2) is 22.1 Å². The van der Waals surface area contributed by atoms with Crippen LogP contribution >= 0.6 is 0 Å². The molecule has 0 atom stereocenters. The molecule has 0 aromatic carbocycles. The largest absolute Gasteiger partial charge is 0.370 e. The Morgan fingerprint density at radius 2 is 2.35 bits per heavy atom. The van der Waals surface area contributed by atoms with Crippen LogP contribution in [0.4, 0.5) is 0 Å². The van der Waals surface area contributed by atoms with Gasteiger partial charge in [0.05, 0.1) is 11.7 Å². The second kappa shape index (κ2) is 5.45. The predicted octanol–water partition coefficient (Wildman–Crippen LogP) is 0.689. The Morgan fingerprint density at radius 1 is 1.47 bits per heavy atom. The molecule has 2 aromatic heterocycles. The van der Waals surface area contributed by atoms with Crippen molar-refractivity contribution in [3.8, 4) is 0 Å². The molecule has 0 aliphatic heterocycles. The Hall–Kier alpha value is -1.88. The molecule has 0 bridgehead atoms. The maximum absolute atomic E-state index is 10.5. The monoisotopic (exact) mass is 232 g/mol. The van der Waals surface area contributed by atoms with E-state index in [1.165, 1.54) is 0 Å². The molecule has 0 unspecified atom stereocenters. The van der Waals surface area contributed by atoms with Gasteiger partial charge in [0.25, 0.3) is 0 Å². The summed E-state index contributed by atoms with van der Waals surface area (Å²) >= 11 is 0. The summed E-state index contributed by atoms with van der Waals surface area (Å²) in [6.07, 6.45) is 4.98. The van der Waals surface area contributed by atoms with Crippen molar-refractivity contribution in [2.24, 2.45) is 5.73 Å². The SMILES string of the molecule is NC(=O)CCCNCc1cnn2ccccc12. The van der Waals surface area contributed by atoms with Crippen LogP contribution in [0.5, 0.6) is 0 Å². The van der Waals surface area contributed by atoms with Crippen LogP contribution in [0, 0.1) is 0 Å². The van der Waals surface area contributed by atoms with Gasteiger partial charge in [0.2, 0.25) is 5.91 Å². The van der Waals surface area contributed by atoms with Crippen LogP contribution in [0.2, 0.25) is 0 Å².